The molecule has 1 saturated carbocycles. The summed E-state index contributed by atoms with van der Waals surface area (Å²) >= 11 is 0. The maximum Gasteiger partial charge on any atom is 0.113 e. The molecule has 0 spiro atoms. The van der Waals surface area contributed by atoms with Gasteiger partial charge in [0.05, 0.1) is 5.69 Å². The van der Waals surface area contributed by atoms with E-state index in [-0.39, 0.29) is 0 Å². The summed E-state index contributed by atoms with van der Waals surface area (Å²) in [5.74, 6) is 2.73. The molecule has 0 bridgehead atoms. The van der Waals surface area contributed by atoms with E-state index in [1.54, 1.807) is 0 Å². The predicted octanol–water partition coefficient (Wildman–Crippen LogP) is 3.86. The van der Waals surface area contributed by atoms with Gasteiger partial charge >= 0.3 is 0 Å². The molecule has 3 aromatic rings. The Morgan fingerprint density at radius 1 is 1.00 bits per heavy atom. The van der Waals surface area contributed by atoms with E-state index in [0.29, 0.717) is 5.92 Å². The molecule has 1 atom stereocenters. The molecule has 1 saturated heterocycles. The van der Waals surface area contributed by atoms with Crippen molar-refractivity contribution in [2.75, 3.05) is 13.1 Å². The highest BCUT2D eigenvalue weighted by molar-refractivity contribution is 5.40. The van der Waals surface area contributed by atoms with Crippen molar-refractivity contribution in [2.24, 2.45) is 5.92 Å². The maximum absolute atomic E-state index is 4.74. The Bertz CT molecular complexity index is 878. The summed E-state index contributed by atoms with van der Waals surface area (Å²) in [6.45, 7) is 4.38. The maximum atomic E-state index is 4.74. The highest BCUT2D eigenvalue weighted by Crippen LogP contribution is 2.33. The van der Waals surface area contributed by atoms with Crippen LogP contribution >= 0.6 is 0 Å². The summed E-state index contributed by atoms with van der Waals surface area (Å²) < 4.78 is 4.39. The number of hydrogen-bond donors (Lipinski definition) is 0. The van der Waals surface area contributed by atoms with Crippen molar-refractivity contribution in [2.45, 2.75) is 44.7 Å². The molecule has 5 rings (SSSR count). The van der Waals surface area contributed by atoms with Crippen LogP contribution in [-0.4, -0.2) is 37.3 Å². The molecule has 2 aliphatic rings. The molecule has 5 heteroatoms. The Morgan fingerprint density at radius 3 is 2.78 bits per heavy atom. The zero-order chi connectivity index (χ0) is 18.1. The van der Waals surface area contributed by atoms with E-state index in [9.17, 15) is 0 Å². The Balaban J connectivity index is 1.32. The molecule has 0 radical (unpaired) electrons. The fraction of sp³-hybridized carbons (Fsp3) is 0.455. The van der Waals surface area contributed by atoms with Gasteiger partial charge < -0.3 is 4.57 Å². The second-order valence-corrected chi connectivity index (χ2v) is 8.03. The SMILES string of the molecule is c1ccc(-n2cccn2)c(CN2CCCC(c3nccn3CC3CC3)C2)c1. The van der Waals surface area contributed by atoms with Gasteiger partial charge in [0.2, 0.25) is 0 Å². The van der Waals surface area contributed by atoms with Gasteiger partial charge in [-0.25, -0.2) is 9.67 Å². The molecule has 140 valence electrons. The molecule has 1 unspecified atom stereocenters. The van der Waals surface area contributed by atoms with Crippen molar-refractivity contribution in [3.8, 4) is 5.69 Å². The van der Waals surface area contributed by atoms with Crippen LogP contribution in [0, 0.1) is 5.92 Å². The lowest BCUT2D eigenvalue weighted by atomic mass is 9.96. The van der Waals surface area contributed by atoms with Gasteiger partial charge in [0, 0.05) is 50.3 Å². The fourth-order valence-corrected chi connectivity index (χ4v) is 4.34. The van der Waals surface area contributed by atoms with Gasteiger partial charge in [0.15, 0.2) is 0 Å². The van der Waals surface area contributed by atoms with Gasteiger partial charge in [-0.15, -0.1) is 0 Å². The summed E-state index contributed by atoms with van der Waals surface area (Å²) in [7, 11) is 0. The van der Waals surface area contributed by atoms with Gasteiger partial charge in [-0.1, -0.05) is 18.2 Å². The third-order valence-corrected chi connectivity index (χ3v) is 5.91. The van der Waals surface area contributed by atoms with Gasteiger partial charge in [-0.05, 0) is 55.8 Å². The number of benzene rings is 1. The standard InChI is InChI=1S/C22H27N5/c1-2-7-21(27-13-4-10-24-27)19(5-1)16-25-12-3-6-20(17-25)22-23-11-14-26(22)15-18-8-9-18/h1-2,4-5,7,10-11,13-14,18,20H,3,6,8-9,12,15-17H2. The normalized spacial score (nSPS) is 20.8. The molecule has 1 aliphatic heterocycles. The van der Waals surface area contributed by atoms with Crippen molar-refractivity contribution in [3.63, 3.8) is 0 Å². The Kier molecular flexibility index (Phi) is 4.54. The van der Waals surface area contributed by atoms with E-state index in [1.165, 1.54) is 42.8 Å². The number of imidazole rings is 1. The van der Waals surface area contributed by atoms with Crippen LogP contribution in [0.25, 0.3) is 5.69 Å². The van der Waals surface area contributed by atoms with Crippen LogP contribution in [0.1, 0.15) is 43.0 Å². The summed E-state index contributed by atoms with van der Waals surface area (Å²) in [6, 6.07) is 10.6. The summed E-state index contributed by atoms with van der Waals surface area (Å²) in [5.41, 5.74) is 2.52. The van der Waals surface area contributed by atoms with Crippen LogP contribution < -0.4 is 0 Å². The highest BCUT2D eigenvalue weighted by atomic mass is 15.3. The minimum atomic E-state index is 0.546. The van der Waals surface area contributed by atoms with Gasteiger partial charge in [0.25, 0.3) is 0 Å². The monoisotopic (exact) mass is 361 g/mol. The highest BCUT2D eigenvalue weighted by Gasteiger charge is 2.28. The van der Waals surface area contributed by atoms with Crippen molar-refractivity contribution < 1.29 is 0 Å². The zero-order valence-electron chi connectivity index (χ0n) is 15.7. The molecule has 1 aromatic carbocycles. The van der Waals surface area contributed by atoms with E-state index in [4.69, 9.17) is 4.98 Å². The molecule has 0 amide bonds. The Hall–Kier alpha value is -2.40. The van der Waals surface area contributed by atoms with Crippen LogP contribution in [0.4, 0.5) is 0 Å². The first-order valence-electron chi connectivity index (χ1n) is 10.2. The number of para-hydroxylation sites is 1. The lowest BCUT2D eigenvalue weighted by Gasteiger charge is -2.33. The first-order valence-corrected chi connectivity index (χ1v) is 10.2. The molecule has 3 heterocycles. The molecule has 0 N–H and O–H groups in total. The molecule has 1 aliphatic carbocycles. The molecule has 2 fully saturated rings. The first-order chi connectivity index (χ1) is 13.4. The summed E-state index contributed by atoms with van der Waals surface area (Å²) in [4.78, 5) is 7.33. The largest absolute Gasteiger partial charge is 0.334 e. The Labute approximate surface area is 160 Å². The molecular weight excluding hydrogens is 334 g/mol. The van der Waals surface area contributed by atoms with Gasteiger partial charge in [0.1, 0.15) is 5.82 Å². The fourth-order valence-electron chi connectivity index (χ4n) is 4.34. The second-order valence-electron chi connectivity index (χ2n) is 8.03. The van der Waals surface area contributed by atoms with Crippen LogP contribution in [-0.2, 0) is 13.1 Å². The average molecular weight is 361 g/mol. The number of rotatable bonds is 6. The van der Waals surface area contributed by atoms with E-state index >= 15 is 0 Å². The molecule has 2 aromatic heterocycles. The van der Waals surface area contributed by atoms with Crippen molar-refractivity contribution in [3.05, 3.63) is 66.5 Å². The quantitative estimate of drug-likeness (QED) is 0.669. The number of nitrogens with zero attached hydrogens (tertiary/aromatic N) is 5. The minimum Gasteiger partial charge on any atom is -0.334 e. The Morgan fingerprint density at radius 2 is 1.93 bits per heavy atom. The zero-order valence-corrected chi connectivity index (χ0v) is 15.7. The van der Waals surface area contributed by atoms with Gasteiger partial charge in [-0.2, -0.15) is 5.10 Å². The summed E-state index contributed by atoms with van der Waals surface area (Å²) in [5, 5.41) is 4.43. The second kappa shape index (κ2) is 7.31. The van der Waals surface area contributed by atoms with E-state index < -0.39 is 0 Å². The predicted molar refractivity (Wildman–Crippen MR) is 106 cm³/mol. The number of aromatic nitrogens is 4. The van der Waals surface area contributed by atoms with Crippen LogP contribution in [0.2, 0.25) is 0 Å². The third kappa shape index (κ3) is 3.69. The van der Waals surface area contributed by atoms with Crippen LogP contribution in [0.15, 0.2) is 55.1 Å². The molecular formula is C22H27N5. The lowest BCUT2D eigenvalue weighted by Crippen LogP contribution is -2.35. The van der Waals surface area contributed by atoms with Crippen molar-refractivity contribution in [1.29, 1.82) is 0 Å². The van der Waals surface area contributed by atoms with E-state index in [0.717, 1.165) is 32.1 Å². The van der Waals surface area contributed by atoms with E-state index in [2.05, 4.69) is 45.0 Å². The molecule has 5 nitrogen and oxygen atoms in total. The first kappa shape index (κ1) is 16.8. The third-order valence-electron chi connectivity index (χ3n) is 5.91. The molecule has 27 heavy (non-hydrogen) atoms. The van der Waals surface area contributed by atoms with E-state index in [1.807, 2.05) is 29.3 Å². The van der Waals surface area contributed by atoms with Gasteiger partial charge in [-0.3, -0.25) is 4.90 Å². The lowest BCUT2D eigenvalue weighted by molar-refractivity contribution is 0.194. The van der Waals surface area contributed by atoms with Crippen molar-refractivity contribution >= 4 is 0 Å². The number of hydrogen-bond acceptors (Lipinski definition) is 3. The minimum absolute atomic E-state index is 0.546. The topological polar surface area (TPSA) is 38.9 Å². The summed E-state index contributed by atoms with van der Waals surface area (Å²) in [6.07, 6.45) is 13.3. The van der Waals surface area contributed by atoms with Crippen molar-refractivity contribution in [1.82, 2.24) is 24.2 Å². The number of piperidine rings is 1. The van der Waals surface area contributed by atoms with Crippen LogP contribution in [0.5, 0.6) is 0 Å². The number of likely N-dealkylation sites (tertiary alicyclic amines) is 1. The van der Waals surface area contributed by atoms with Crippen LogP contribution in [0.3, 0.4) is 0 Å². The smallest absolute Gasteiger partial charge is 0.113 e. The average Bonchev–Trinajstić information content (AvgIpc) is 3.16.